The van der Waals surface area contributed by atoms with Crippen LogP contribution in [0.2, 0.25) is 0 Å². The van der Waals surface area contributed by atoms with Gasteiger partial charge in [0, 0.05) is 13.1 Å². The number of rotatable bonds is 1. The predicted molar refractivity (Wildman–Crippen MR) is 52.6 cm³/mol. The maximum atomic E-state index is 13.5. The van der Waals surface area contributed by atoms with Crippen molar-refractivity contribution in [2.45, 2.75) is 19.8 Å². The van der Waals surface area contributed by atoms with Gasteiger partial charge < -0.3 is 4.90 Å². The third-order valence-electron chi connectivity index (χ3n) is 2.61. The van der Waals surface area contributed by atoms with E-state index in [9.17, 15) is 4.39 Å². The molecule has 1 heterocycles. The molecular weight excluding hydrogens is 165 g/mol. The maximum Gasteiger partial charge on any atom is 0.146 e. The minimum absolute atomic E-state index is 0.0816. The standard InChI is InChI=1S/C11H14FN/c1-9-5-4-6-10(12)11(9)13-7-2-3-8-13/h4-6H,2-3,7-8H2,1H3. The molecule has 0 atom stereocenters. The van der Waals surface area contributed by atoms with Crippen molar-refractivity contribution in [1.82, 2.24) is 0 Å². The van der Waals surface area contributed by atoms with E-state index in [2.05, 4.69) is 4.90 Å². The van der Waals surface area contributed by atoms with E-state index in [-0.39, 0.29) is 5.82 Å². The Labute approximate surface area is 78.2 Å². The summed E-state index contributed by atoms with van der Waals surface area (Å²) in [5.41, 5.74) is 1.85. The Balaban J connectivity index is 2.37. The molecule has 1 saturated heterocycles. The van der Waals surface area contributed by atoms with Gasteiger partial charge in [-0.05, 0) is 31.4 Å². The maximum absolute atomic E-state index is 13.5. The van der Waals surface area contributed by atoms with E-state index in [1.807, 2.05) is 13.0 Å². The zero-order valence-electron chi connectivity index (χ0n) is 7.89. The summed E-state index contributed by atoms with van der Waals surface area (Å²) in [6, 6.07) is 5.28. The molecule has 0 bridgehead atoms. The van der Waals surface area contributed by atoms with Gasteiger partial charge in [-0.25, -0.2) is 4.39 Å². The summed E-state index contributed by atoms with van der Waals surface area (Å²) in [6.45, 7) is 3.97. The smallest absolute Gasteiger partial charge is 0.146 e. The Hall–Kier alpha value is -1.05. The van der Waals surface area contributed by atoms with Crippen LogP contribution in [-0.4, -0.2) is 13.1 Å². The van der Waals surface area contributed by atoms with Gasteiger partial charge in [0.25, 0.3) is 0 Å². The van der Waals surface area contributed by atoms with Gasteiger partial charge in [0.15, 0.2) is 0 Å². The van der Waals surface area contributed by atoms with E-state index in [1.54, 1.807) is 12.1 Å². The average Bonchev–Trinajstić information content (AvgIpc) is 2.57. The van der Waals surface area contributed by atoms with Crippen molar-refractivity contribution < 1.29 is 4.39 Å². The lowest BCUT2D eigenvalue weighted by Gasteiger charge is -2.20. The van der Waals surface area contributed by atoms with E-state index >= 15 is 0 Å². The van der Waals surface area contributed by atoms with Crippen LogP contribution in [0, 0.1) is 12.7 Å². The van der Waals surface area contributed by atoms with Crippen LogP contribution in [-0.2, 0) is 0 Å². The fraction of sp³-hybridized carbons (Fsp3) is 0.455. The summed E-state index contributed by atoms with van der Waals surface area (Å²) in [6.07, 6.45) is 2.38. The Kier molecular flexibility index (Phi) is 2.21. The second kappa shape index (κ2) is 3.36. The van der Waals surface area contributed by atoms with Crippen LogP contribution in [0.25, 0.3) is 0 Å². The van der Waals surface area contributed by atoms with Gasteiger partial charge in [-0.1, -0.05) is 12.1 Å². The predicted octanol–water partition coefficient (Wildman–Crippen LogP) is 2.73. The summed E-state index contributed by atoms with van der Waals surface area (Å²) in [4.78, 5) is 2.14. The number of hydrogen-bond donors (Lipinski definition) is 0. The first-order chi connectivity index (χ1) is 6.29. The Bertz CT molecular complexity index is 283. The van der Waals surface area contributed by atoms with Crippen molar-refractivity contribution in [1.29, 1.82) is 0 Å². The molecule has 1 aliphatic heterocycles. The zero-order valence-corrected chi connectivity index (χ0v) is 7.89. The number of anilines is 1. The van der Waals surface area contributed by atoms with E-state index in [4.69, 9.17) is 0 Å². The minimum Gasteiger partial charge on any atom is -0.369 e. The Morgan fingerprint density at radius 3 is 2.54 bits per heavy atom. The van der Waals surface area contributed by atoms with Crippen molar-refractivity contribution in [3.63, 3.8) is 0 Å². The number of halogens is 1. The summed E-state index contributed by atoms with van der Waals surface area (Å²) in [7, 11) is 0. The Morgan fingerprint density at radius 2 is 1.92 bits per heavy atom. The van der Waals surface area contributed by atoms with Gasteiger partial charge in [-0.15, -0.1) is 0 Å². The molecule has 0 radical (unpaired) electrons. The second-order valence-electron chi connectivity index (χ2n) is 3.60. The summed E-state index contributed by atoms with van der Waals surface area (Å²) < 4.78 is 13.5. The van der Waals surface area contributed by atoms with Crippen molar-refractivity contribution in [2.24, 2.45) is 0 Å². The largest absolute Gasteiger partial charge is 0.369 e. The van der Waals surface area contributed by atoms with E-state index in [1.165, 1.54) is 12.8 Å². The van der Waals surface area contributed by atoms with E-state index in [0.717, 1.165) is 24.3 Å². The molecule has 2 rings (SSSR count). The van der Waals surface area contributed by atoms with Gasteiger partial charge in [0.05, 0.1) is 5.69 Å². The van der Waals surface area contributed by atoms with Gasteiger partial charge in [-0.2, -0.15) is 0 Å². The highest BCUT2D eigenvalue weighted by atomic mass is 19.1. The molecule has 0 N–H and O–H groups in total. The summed E-state index contributed by atoms with van der Waals surface area (Å²) in [5.74, 6) is -0.0816. The van der Waals surface area contributed by atoms with Gasteiger partial charge in [0.2, 0.25) is 0 Å². The molecule has 70 valence electrons. The number of para-hydroxylation sites is 1. The van der Waals surface area contributed by atoms with Crippen molar-refractivity contribution in [3.05, 3.63) is 29.6 Å². The van der Waals surface area contributed by atoms with Crippen molar-refractivity contribution in [2.75, 3.05) is 18.0 Å². The molecule has 2 heteroatoms. The van der Waals surface area contributed by atoms with Crippen LogP contribution in [0.1, 0.15) is 18.4 Å². The molecular formula is C11H14FN. The summed E-state index contributed by atoms with van der Waals surface area (Å²) >= 11 is 0. The highest BCUT2D eigenvalue weighted by Crippen LogP contribution is 2.26. The topological polar surface area (TPSA) is 3.24 Å². The molecule has 0 spiro atoms. The third-order valence-corrected chi connectivity index (χ3v) is 2.61. The van der Waals surface area contributed by atoms with E-state index < -0.39 is 0 Å². The van der Waals surface area contributed by atoms with Crippen LogP contribution in [0.3, 0.4) is 0 Å². The first kappa shape index (κ1) is 8.54. The van der Waals surface area contributed by atoms with Crippen molar-refractivity contribution in [3.8, 4) is 0 Å². The molecule has 0 aliphatic carbocycles. The van der Waals surface area contributed by atoms with E-state index in [0.29, 0.717) is 0 Å². The number of aryl methyl sites for hydroxylation is 1. The van der Waals surface area contributed by atoms with Crippen LogP contribution in [0.5, 0.6) is 0 Å². The third kappa shape index (κ3) is 1.53. The molecule has 0 amide bonds. The number of nitrogens with zero attached hydrogens (tertiary/aromatic N) is 1. The average molecular weight is 179 g/mol. The number of benzene rings is 1. The second-order valence-corrected chi connectivity index (χ2v) is 3.60. The van der Waals surface area contributed by atoms with Crippen LogP contribution in [0.15, 0.2) is 18.2 Å². The monoisotopic (exact) mass is 179 g/mol. The SMILES string of the molecule is Cc1cccc(F)c1N1CCCC1. The first-order valence-corrected chi connectivity index (χ1v) is 4.79. The normalized spacial score (nSPS) is 16.6. The lowest BCUT2D eigenvalue weighted by molar-refractivity contribution is 0.622. The molecule has 1 aliphatic rings. The fourth-order valence-electron chi connectivity index (χ4n) is 1.96. The molecule has 0 aromatic heterocycles. The Morgan fingerprint density at radius 1 is 1.23 bits per heavy atom. The fourth-order valence-corrected chi connectivity index (χ4v) is 1.96. The molecule has 1 aromatic carbocycles. The van der Waals surface area contributed by atoms with Gasteiger partial charge in [0.1, 0.15) is 5.82 Å². The molecule has 13 heavy (non-hydrogen) atoms. The molecule has 1 nitrogen and oxygen atoms in total. The quantitative estimate of drug-likeness (QED) is 0.640. The zero-order chi connectivity index (χ0) is 9.26. The molecule has 0 saturated carbocycles. The van der Waals surface area contributed by atoms with Crippen LogP contribution >= 0.6 is 0 Å². The highest BCUT2D eigenvalue weighted by Gasteiger charge is 2.17. The molecule has 1 aromatic rings. The minimum atomic E-state index is -0.0816. The molecule has 0 unspecified atom stereocenters. The number of hydrogen-bond acceptors (Lipinski definition) is 1. The van der Waals surface area contributed by atoms with Crippen LogP contribution < -0.4 is 4.90 Å². The molecule has 1 fully saturated rings. The lowest BCUT2D eigenvalue weighted by atomic mass is 10.2. The van der Waals surface area contributed by atoms with Gasteiger partial charge in [-0.3, -0.25) is 0 Å². The first-order valence-electron chi connectivity index (χ1n) is 4.79. The lowest BCUT2D eigenvalue weighted by Crippen LogP contribution is -2.19. The highest BCUT2D eigenvalue weighted by molar-refractivity contribution is 5.54. The van der Waals surface area contributed by atoms with Crippen LogP contribution in [0.4, 0.5) is 10.1 Å². The summed E-state index contributed by atoms with van der Waals surface area (Å²) in [5, 5.41) is 0. The van der Waals surface area contributed by atoms with Crippen molar-refractivity contribution >= 4 is 5.69 Å². The van der Waals surface area contributed by atoms with Gasteiger partial charge >= 0.3 is 0 Å².